The second-order valence-electron chi connectivity index (χ2n) is 1.96. The molecule has 1 aliphatic rings. The number of aliphatic hydroxyl groups is 2. The molecular formula is C5H8O4. The highest BCUT2D eigenvalue weighted by Crippen LogP contribution is 2.17. The Balaban J connectivity index is 2.67. The summed E-state index contributed by atoms with van der Waals surface area (Å²) < 4.78 is 4.56. The van der Waals surface area contributed by atoms with Gasteiger partial charge in [0.05, 0.1) is 6.61 Å². The van der Waals surface area contributed by atoms with Gasteiger partial charge in [0.2, 0.25) is 0 Å². The normalized spacial score (nSPS) is 35.6. The molecule has 1 rings (SSSR count). The Kier molecular flexibility index (Phi) is 1.52. The van der Waals surface area contributed by atoms with Crippen LogP contribution in [-0.4, -0.2) is 35.0 Å². The van der Waals surface area contributed by atoms with E-state index in [2.05, 4.69) is 4.74 Å². The fourth-order valence-electron chi connectivity index (χ4n) is 0.722. The number of aliphatic hydroxyl groups excluding tert-OH is 1. The molecule has 4 heteroatoms. The van der Waals surface area contributed by atoms with Gasteiger partial charge in [0.25, 0.3) is 5.79 Å². The molecule has 0 aromatic rings. The standard InChI is InChI=1S/C5H8O4/c6-3-5(8)4(7)1-2-9-5/h6,8H,1-3H2. The van der Waals surface area contributed by atoms with E-state index >= 15 is 0 Å². The second-order valence-corrected chi connectivity index (χ2v) is 1.96. The Morgan fingerprint density at radius 1 is 1.78 bits per heavy atom. The van der Waals surface area contributed by atoms with E-state index < -0.39 is 18.2 Å². The molecule has 0 spiro atoms. The van der Waals surface area contributed by atoms with Crippen molar-refractivity contribution in [1.82, 2.24) is 0 Å². The van der Waals surface area contributed by atoms with Crippen molar-refractivity contribution in [3.8, 4) is 0 Å². The lowest BCUT2D eigenvalue weighted by Gasteiger charge is -2.14. The lowest BCUT2D eigenvalue weighted by Crippen LogP contribution is -2.39. The smallest absolute Gasteiger partial charge is 0.250 e. The van der Waals surface area contributed by atoms with Crippen LogP contribution in [0.2, 0.25) is 0 Å². The molecule has 52 valence electrons. The highest BCUT2D eigenvalue weighted by molar-refractivity contribution is 5.87. The average Bonchev–Trinajstić information content (AvgIpc) is 2.15. The van der Waals surface area contributed by atoms with Gasteiger partial charge >= 0.3 is 0 Å². The zero-order chi connectivity index (χ0) is 6.91. The van der Waals surface area contributed by atoms with Crippen LogP contribution in [0.15, 0.2) is 0 Å². The predicted octanol–water partition coefficient (Wildman–Crippen LogP) is -1.34. The van der Waals surface area contributed by atoms with Crippen molar-refractivity contribution in [1.29, 1.82) is 0 Å². The summed E-state index contributed by atoms with van der Waals surface area (Å²) in [7, 11) is 0. The van der Waals surface area contributed by atoms with Gasteiger partial charge in [0.1, 0.15) is 6.61 Å². The van der Waals surface area contributed by atoms with Crippen molar-refractivity contribution in [2.24, 2.45) is 0 Å². The molecular weight excluding hydrogens is 124 g/mol. The Hall–Kier alpha value is -0.450. The van der Waals surface area contributed by atoms with Gasteiger partial charge in [0.15, 0.2) is 5.78 Å². The van der Waals surface area contributed by atoms with Crippen LogP contribution in [0.5, 0.6) is 0 Å². The number of ether oxygens (including phenoxy) is 1. The topological polar surface area (TPSA) is 66.8 Å². The van der Waals surface area contributed by atoms with Crippen LogP contribution in [0.25, 0.3) is 0 Å². The van der Waals surface area contributed by atoms with Gasteiger partial charge < -0.3 is 14.9 Å². The summed E-state index contributed by atoms with van der Waals surface area (Å²) in [4.78, 5) is 10.6. The van der Waals surface area contributed by atoms with E-state index in [1.165, 1.54) is 0 Å². The molecule has 0 amide bonds. The summed E-state index contributed by atoms with van der Waals surface area (Å²) >= 11 is 0. The molecule has 0 bridgehead atoms. The van der Waals surface area contributed by atoms with E-state index in [-0.39, 0.29) is 13.0 Å². The minimum absolute atomic E-state index is 0.192. The zero-order valence-corrected chi connectivity index (χ0v) is 4.83. The molecule has 2 N–H and O–H groups in total. The summed E-state index contributed by atoms with van der Waals surface area (Å²) in [5.41, 5.74) is 0. The molecule has 1 heterocycles. The molecule has 0 aromatic heterocycles. The van der Waals surface area contributed by atoms with Gasteiger partial charge in [-0.2, -0.15) is 0 Å². The molecule has 1 atom stereocenters. The van der Waals surface area contributed by atoms with E-state index in [9.17, 15) is 4.79 Å². The maximum atomic E-state index is 10.6. The Labute approximate surface area is 52.1 Å². The van der Waals surface area contributed by atoms with Crippen LogP contribution in [0, 0.1) is 0 Å². The van der Waals surface area contributed by atoms with Crippen LogP contribution in [0.3, 0.4) is 0 Å². The van der Waals surface area contributed by atoms with Crippen LogP contribution in [-0.2, 0) is 9.53 Å². The maximum Gasteiger partial charge on any atom is 0.250 e. The lowest BCUT2D eigenvalue weighted by atomic mass is 10.2. The van der Waals surface area contributed by atoms with Gasteiger partial charge in [-0.15, -0.1) is 0 Å². The fraction of sp³-hybridized carbons (Fsp3) is 0.800. The van der Waals surface area contributed by atoms with Gasteiger partial charge in [-0.05, 0) is 0 Å². The Morgan fingerprint density at radius 3 is 2.67 bits per heavy atom. The minimum Gasteiger partial charge on any atom is -0.390 e. The maximum absolute atomic E-state index is 10.6. The van der Waals surface area contributed by atoms with Gasteiger partial charge in [-0.3, -0.25) is 4.79 Å². The van der Waals surface area contributed by atoms with Crippen LogP contribution in [0.1, 0.15) is 6.42 Å². The number of carbonyl (C=O) groups excluding carboxylic acids is 1. The quantitative estimate of drug-likeness (QED) is 0.463. The molecule has 9 heavy (non-hydrogen) atoms. The first-order chi connectivity index (χ1) is 4.19. The first-order valence-corrected chi connectivity index (χ1v) is 2.69. The lowest BCUT2D eigenvalue weighted by molar-refractivity contribution is -0.196. The largest absolute Gasteiger partial charge is 0.390 e. The van der Waals surface area contributed by atoms with E-state index in [1.54, 1.807) is 0 Å². The van der Waals surface area contributed by atoms with Crippen molar-refractivity contribution in [2.45, 2.75) is 12.2 Å². The van der Waals surface area contributed by atoms with E-state index in [1.807, 2.05) is 0 Å². The number of ketones is 1. The summed E-state index contributed by atoms with van der Waals surface area (Å²) in [5.74, 6) is -2.33. The summed E-state index contributed by atoms with van der Waals surface area (Å²) in [6.07, 6.45) is 0.192. The number of rotatable bonds is 1. The summed E-state index contributed by atoms with van der Waals surface area (Å²) in [6.45, 7) is -0.443. The first-order valence-electron chi connectivity index (χ1n) is 2.69. The Morgan fingerprint density at radius 2 is 2.44 bits per heavy atom. The second kappa shape index (κ2) is 2.06. The third kappa shape index (κ3) is 0.962. The predicted molar refractivity (Wildman–Crippen MR) is 27.6 cm³/mol. The number of carbonyl (C=O) groups is 1. The van der Waals surface area contributed by atoms with E-state index in [0.717, 1.165) is 0 Å². The van der Waals surface area contributed by atoms with Crippen molar-refractivity contribution < 1.29 is 19.7 Å². The van der Waals surface area contributed by atoms with Crippen molar-refractivity contribution in [3.63, 3.8) is 0 Å². The monoisotopic (exact) mass is 132 g/mol. The Bertz CT molecular complexity index is 133. The third-order valence-electron chi connectivity index (χ3n) is 1.32. The minimum atomic E-state index is -1.89. The van der Waals surface area contributed by atoms with Crippen molar-refractivity contribution in [3.05, 3.63) is 0 Å². The first kappa shape index (κ1) is 6.67. The van der Waals surface area contributed by atoms with Crippen LogP contribution < -0.4 is 0 Å². The molecule has 0 saturated carbocycles. The van der Waals surface area contributed by atoms with Crippen LogP contribution in [0.4, 0.5) is 0 Å². The van der Waals surface area contributed by atoms with Gasteiger partial charge in [0, 0.05) is 6.42 Å². The number of hydrogen-bond donors (Lipinski definition) is 2. The van der Waals surface area contributed by atoms with Gasteiger partial charge in [-0.25, -0.2) is 0 Å². The fourth-order valence-corrected chi connectivity index (χ4v) is 0.722. The third-order valence-corrected chi connectivity index (χ3v) is 1.32. The highest BCUT2D eigenvalue weighted by atomic mass is 16.6. The molecule has 1 aliphatic heterocycles. The zero-order valence-electron chi connectivity index (χ0n) is 4.83. The molecule has 1 saturated heterocycles. The van der Waals surface area contributed by atoms with Crippen molar-refractivity contribution >= 4 is 5.78 Å². The van der Waals surface area contributed by atoms with Crippen molar-refractivity contribution in [2.75, 3.05) is 13.2 Å². The number of Topliss-reactive ketones (excluding diaryl/α,β-unsaturated/α-hetero) is 1. The molecule has 0 radical (unpaired) electrons. The SMILES string of the molecule is O=C1CCOC1(O)CO. The average molecular weight is 132 g/mol. The van der Waals surface area contributed by atoms with E-state index in [4.69, 9.17) is 10.2 Å². The molecule has 4 nitrogen and oxygen atoms in total. The van der Waals surface area contributed by atoms with Gasteiger partial charge in [-0.1, -0.05) is 0 Å². The van der Waals surface area contributed by atoms with Crippen LogP contribution >= 0.6 is 0 Å². The summed E-state index contributed by atoms with van der Waals surface area (Å²) in [5, 5.41) is 17.3. The molecule has 0 aliphatic carbocycles. The molecule has 1 fully saturated rings. The summed E-state index contributed by atoms with van der Waals surface area (Å²) in [6, 6.07) is 0. The van der Waals surface area contributed by atoms with E-state index in [0.29, 0.717) is 0 Å². The number of hydrogen-bond acceptors (Lipinski definition) is 4. The molecule has 0 aromatic carbocycles. The highest BCUT2D eigenvalue weighted by Gasteiger charge is 2.40. The molecule has 1 unspecified atom stereocenters.